The van der Waals surface area contributed by atoms with Gasteiger partial charge in [-0.3, -0.25) is 4.98 Å². The Balaban J connectivity index is 2.22. The molecular weight excluding hydrogens is 306 g/mol. The van der Waals surface area contributed by atoms with Crippen LogP contribution in [0.5, 0.6) is 5.75 Å². The fourth-order valence-corrected chi connectivity index (χ4v) is 2.36. The van der Waals surface area contributed by atoms with Crippen molar-refractivity contribution < 1.29 is 22.3 Å². The minimum atomic E-state index is -4.76. The number of nitrogens with zero attached hydrogens (tertiary/aromatic N) is 1. The van der Waals surface area contributed by atoms with Crippen molar-refractivity contribution in [3.63, 3.8) is 0 Å². The van der Waals surface area contributed by atoms with Gasteiger partial charge in [0.25, 0.3) is 0 Å². The van der Waals surface area contributed by atoms with Crippen molar-refractivity contribution >= 4 is 11.8 Å². The lowest BCUT2D eigenvalue weighted by Crippen LogP contribution is -2.17. The van der Waals surface area contributed by atoms with Crippen molar-refractivity contribution in [1.29, 1.82) is 0 Å². The highest BCUT2D eigenvalue weighted by Gasteiger charge is 2.31. The van der Waals surface area contributed by atoms with E-state index in [0.717, 1.165) is 12.1 Å². The van der Waals surface area contributed by atoms with E-state index in [1.807, 2.05) is 0 Å². The lowest BCUT2D eigenvalue weighted by Gasteiger charge is -2.13. The van der Waals surface area contributed by atoms with Gasteiger partial charge in [0.15, 0.2) is 6.17 Å². The Morgan fingerprint density at radius 3 is 2.38 bits per heavy atom. The Morgan fingerprint density at radius 2 is 1.81 bits per heavy atom. The summed E-state index contributed by atoms with van der Waals surface area (Å²) in [6, 6.07) is 6.29. The molecule has 2 aromatic rings. The van der Waals surface area contributed by atoms with Gasteiger partial charge in [0.2, 0.25) is 0 Å². The maximum Gasteiger partial charge on any atom is 0.573 e. The predicted molar refractivity (Wildman–Crippen MR) is 72.1 cm³/mol. The molecule has 1 atom stereocenters. The van der Waals surface area contributed by atoms with Crippen molar-refractivity contribution in [3.05, 3.63) is 53.9 Å². The summed E-state index contributed by atoms with van der Waals surface area (Å²) in [5.74, 6) is -0.377. The molecule has 2 rings (SSSR count). The molecule has 0 saturated heterocycles. The summed E-state index contributed by atoms with van der Waals surface area (Å²) < 4.78 is 54.4. The summed E-state index contributed by atoms with van der Waals surface area (Å²) in [4.78, 5) is 4.60. The summed E-state index contributed by atoms with van der Waals surface area (Å²) in [7, 11) is 0. The van der Waals surface area contributed by atoms with Gasteiger partial charge in [0.05, 0.1) is 0 Å². The third-order valence-electron chi connectivity index (χ3n) is 2.72. The molecule has 1 heterocycles. The number of thioether (sulfide) groups is 1. The molecular formula is C14H11F4NOS. The topological polar surface area (TPSA) is 22.1 Å². The van der Waals surface area contributed by atoms with Crippen LogP contribution in [0.2, 0.25) is 0 Å². The average molecular weight is 317 g/mol. The molecule has 0 saturated carbocycles. The largest absolute Gasteiger partial charge is 0.573 e. The summed E-state index contributed by atoms with van der Waals surface area (Å²) in [6.07, 6.45) is -1.37. The third kappa shape index (κ3) is 4.10. The van der Waals surface area contributed by atoms with Crippen molar-refractivity contribution in [1.82, 2.24) is 4.98 Å². The molecule has 0 aliphatic carbocycles. The molecule has 112 valence electrons. The summed E-state index contributed by atoms with van der Waals surface area (Å²) >= 11 is 1.35. The van der Waals surface area contributed by atoms with Crippen molar-refractivity contribution in [3.8, 4) is 5.75 Å². The molecule has 0 aliphatic rings. The number of aromatic nitrogens is 1. The van der Waals surface area contributed by atoms with E-state index in [9.17, 15) is 17.6 Å². The zero-order valence-corrected chi connectivity index (χ0v) is 11.7. The van der Waals surface area contributed by atoms with Crippen LogP contribution in [0.3, 0.4) is 0 Å². The maximum absolute atomic E-state index is 14.5. The summed E-state index contributed by atoms with van der Waals surface area (Å²) in [6.45, 7) is 0. The highest BCUT2D eigenvalue weighted by Crippen LogP contribution is 2.33. The molecule has 0 bridgehead atoms. The molecule has 1 aromatic carbocycles. The SMILES string of the molecule is CSc1cnccc1C(F)c1ccc(OC(F)(F)F)cc1. The fraction of sp³-hybridized carbons (Fsp3) is 0.214. The lowest BCUT2D eigenvalue weighted by molar-refractivity contribution is -0.274. The highest BCUT2D eigenvalue weighted by molar-refractivity contribution is 7.98. The monoisotopic (exact) mass is 317 g/mol. The second-order valence-corrected chi connectivity index (χ2v) is 4.95. The number of hydrogen-bond acceptors (Lipinski definition) is 3. The highest BCUT2D eigenvalue weighted by atomic mass is 32.2. The van der Waals surface area contributed by atoms with Crippen LogP contribution in [0.15, 0.2) is 47.6 Å². The molecule has 0 spiro atoms. The third-order valence-corrected chi connectivity index (χ3v) is 3.50. The van der Waals surface area contributed by atoms with Crippen LogP contribution in [-0.2, 0) is 0 Å². The van der Waals surface area contributed by atoms with Crippen molar-refractivity contribution in [2.24, 2.45) is 0 Å². The van der Waals surface area contributed by atoms with E-state index in [2.05, 4.69) is 9.72 Å². The lowest BCUT2D eigenvalue weighted by atomic mass is 10.0. The van der Waals surface area contributed by atoms with Crippen LogP contribution in [0, 0.1) is 0 Å². The van der Waals surface area contributed by atoms with Gasteiger partial charge in [-0.1, -0.05) is 12.1 Å². The van der Waals surface area contributed by atoms with Gasteiger partial charge < -0.3 is 4.74 Å². The molecule has 7 heteroatoms. The van der Waals surface area contributed by atoms with E-state index >= 15 is 0 Å². The first-order valence-corrected chi connectivity index (χ1v) is 7.11. The zero-order chi connectivity index (χ0) is 15.5. The van der Waals surface area contributed by atoms with Gasteiger partial charge in [-0.2, -0.15) is 0 Å². The number of halogens is 4. The van der Waals surface area contributed by atoms with Crippen LogP contribution < -0.4 is 4.74 Å². The standard InChI is InChI=1S/C14H11F4NOS/c1-21-12-8-19-7-6-11(12)13(15)9-2-4-10(5-3-9)20-14(16,17)18/h2-8,13H,1H3. The molecule has 0 amide bonds. The van der Waals surface area contributed by atoms with Gasteiger partial charge >= 0.3 is 6.36 Å². The molecule has 1 aromatic heterocycles. The number of benzene rings is 1. The Kier molecular flexibility index (Phi) is 4.72. The quantitative estimate of drug-likeness (QED) is 0.599. The molecule has 0 radical (unpaired) electrons. The zero-order valence-electron chi connectivity index (χ0n) is 10.9. The van der Waals surface area contributed by atoms with E-state index in [-0.39, 0.29) is 11.3 Å². The Labute approximate surface area is 123 Å². The van der Waals surface area contributed by atoms with Crippen LogP contribution in [-0.4, -0.2) is 17.6 Å². The first-order chi connectivity index (χ1) is 9.90. The molecule has 0 aliphatic heterocycles. The Bertz CT molecular complexity index is 601. The number of alkyl halides is 4. The van der Waals surface area contributed by atoms with E-state index in [1.165, 1.54) is 30.1 Å². The van der Waals surface area contributed by atoms with Gasteiger partial charge in [-0.25, -0.2) is 4.39 Å². The van der Waals surface area contributed by atoms with Gasteiger partial charge in [-0.05, 0) is 30.0 Å². The average Bonchev–Trinajstić information content (AvgIpc) is 2.45. The second kappa shape index (κ2) is 6.34. The van der Waals surface area contributed by atoms with Crippen molar-refractivity contribution in [2.75, 3.05) is 6.26 Å². The van der Waals surface area contributed by atoms with E-state index in [4.69, 9.17) is 0 Å². The number of pyridine rings is 1. The second-order valence-electron chi connectivity index (χ2n) is 4.10. The van der Waals surface area contributed by atoms with Crippen LogP contribution in [0.4, 0.5) is 17.6 Å². The normalized spacial score (nSPS) is 13.0. The van der Waals surface area contributed by atoms with E-state index in [1.54, 1.807) is 18.5 Å². The predicted octanol–water partition coefficient (Wildman–Crippen LogP) is 4.76. The maximum atomic E-state index is 14.5. The van der Waals surface area contributed by atoms with Crippen LogP contribution in [0.25, 0.3) is 0 Å². The number of rotatable bonds is 4. The molecule has 0 N–H and O–H groups in total. The minimum Gasteiger partial charge on any atom is -0.406 e. The minimum absolute atomic E-state index is 0.256. The molecule has 21 heavy (non-hydrogen) atoms. The van der Waals surface area contributed by atoms with Crippen LogP contribution in [0.1, 0.15) is 17.3 Å². The Morgan fingerprint density at radius 1 is 1.14 bits per heavy atom. The molecule has 0 fully saturated rings. The summed E-state index contributed by atoms with van der Waals surface area (Å²) in [5, 5.41) is 0. The first kappa shape index (κ1) is 15.6. The Hall–Kier alpha value is -1.76. The van der Waals surface area contributed by atoms with Gasteiger partial charge in [0.1, 0.15) is 5.75 Å². The van der Waals surface area contributed by atoms with Gasteiger partial charge in [0, 0.05) is 22.9 Å². The smallest absolute Gasteiger partial charge is 0.406 e. The first-order valence-electron chi connectivity index (χ1n) is 5.88. The van der Waals surface area contributed by atoms with Crippen molar-refractivity contribution in [2.45, 2.75) is 17.4 Å². The van der Waals surface area contributed by atoms with Crippen LogP contribution >= 0.6 is 11.8 Å². The molecule has 2 nitrogen and oxygen atoms in total. The van der Waals surface area contributed by atoms with E-state index in [0.29, 0.717) is 10.5 Å². The molecule has 1 unspecified atom stereocenters. The fourth-order valence-electron chi connectivity index (χ4n) is 1.79. The number of ether oxygens (including phenoxy) is 1. The number of hydrogen-bond donors (Lipinski definition) is 0. The summed E-state index contributed by atoms with van der Waals surface area (Å²) in [5.41, 5.74) is 0.688. The van der Waals surface area contributed by atoms with Gasteiger partial charge in [-0.15, -0.1) is 24.9 Å². The van der Waals surface area contributed by atoms with E-state index < -0.39 is 12.5 Å².